The van der Waals surface area contributed by atoms with Gasteiger partial charge in [-0.25, -0.2) is 4.79 Å². The molecule has 3 aromatic heterocycles. The van der Waals surface area contributed by atoms with Crippen molar-refractivity contribution in [1.29, 1.82) is 0 Å². The molecular weight excluding hydrogens is 400 g/mol. The summed E-state index contributed by atoms with van der Waals surface area (Å²) in [6, 6.07) is 8.31. The lowest BCUT2D eigenvalue weighted by Crippen LogP contribution is -2.41. The third kappa shape index (κ3) is 2.54. The van der Waals surface area contributed by atoms with Crippen molar-refractivity contribution in [3.05, 3.63) is 63.6 Å². The molecule has 1 aliphatic rings. The number of carbonyl (C=O) groups is 2. The maximum absolute atomic E-state index is 13.3. The van der Waals surface area contributed by atoms with Crippen LogP contribution in [0.1, 0.15) is 29.8 Å². The van der Waals surface area contributed by atoms with E-state index in [2.05, 4.69) is 15.5 Å². The van der Waals surface area contributed by atoms with E-state index in [9.17, 15) is 14.4 Å². The minimum atomic E-state index is -1.24. The quantitative estimate of drug-likeness (QED) is 0.505. The van der Waals surface area contributed by atoms with Crippen LogP contribution >= 0.6 is 0 Å². The highest BCUT2D eigenvalue weighted by Gasteiger charge is 2.50. The molecule has 1 unspecified atom stereocenters. The van der Waals surface area contributed by atoms with E-state index in [4.69, 9.17) is 4.42 Å². The van der Waals surface area contributed by atoms with Gasteiger partial charge in [-0.1, -0.05) is 12.1 Å². The molecule has 0 radical (unpaired) electrons. The average Bonchev–Trinajstić information content (AvgIpc) is 3.37. The number of para-hydroxylation sites is 1. The number of hydrogen-bond donors (Lipinski definition) is 1. The Balaban J connectivity index is 1.61. The van der Waals surface area contributed by atoms with Crippen LogP contribution in [0.4, 0.5) is 4.79 Å². The third-order valence-electron chi connectivity index (χ3n) is 5.85. The second kappa shape index (κ2) is 6.27. The van der Waals surface area contributed by atoms with Crippen LogP contribution < -0.4 is 10.9 Å². The van der Waals surface area contributed by atoms with Gasteiger partial charge in [-0.3, -0.25) is 23.5 Å². The van der Waals surface area contributed by atoms with Crippen LogP contribution in [0.5, 0.6) is 0 Å². The second-order valence-corrected chi connectivity index (χ2v) is 7.91. The van der Waals surface area contributed by atoms with Gasteiger partial charge in [-0.15, -0.1) is 10.2 Å². The summed E-state index contributed by atoms with van der Waals surface area (Å²) in [4.78, 5) is 39.9. The maximum atomic E-state index is 13.3. The number of carbonyl (C=O) groups excluding carboxylic acids is 2. The number of furan rings is 1. The van der Waals surface area contributed by atoms with Gasteiger partial charge in [0.05, 0.1) is 17.4 Å². The second-order valence-electron chi connectivity index (χ2n) is 7.91. The molecule has 0 spiro atoms. The molecule has 31 heavy (non-hydrogen) atoms. The summed E-state index contributed by atoms with van der Waals surface area (Å²) in [5.41, 5.74) is -0.217. The minimum Gasteiger partial charge on any atom is -0.466 e. The molecule has 0 bridgehead atoms. The van der Waals surface area contributed by atoms with Crippen LogP contribution in [-0.4, -0.2) is 36.0 Å². The molecule has 3 amide bonds. The number of amides is 3. The number of nitrogens with zero attached hydrogens (tertiary/aromatic N) is 5. The summed E-state index contributed by atoms with van der Waals surface area (Å²) < 4.78 is 8.66. The smallest absolute Gasteiger partial charge is 0.325 e. The van der Waals surface area contributed by atoms with Crippen molar-refractivity contribution >= 4 is 28.6 Å². The molecule has 10 heteroatoms. The summed E-state index contributed by atoms with van der Waals surface area (Å²) >= 11 is 0. The SMILES string of the molecule is Cc1cc(C2(C)NC(=O)N(Cc3nnc4n(C)c(=O)c5ccccc5n34)C2=O)c(C)o1. The predicted molar refractivity (Wildman–Crippen MR) is 110 cm³/mol. The van der Waals surface area contributed by atoms with Crippen LogP contribution in [0.25, 0.3) is 16.7 Å². The lowest BCUT2D eigenvalue weighted by molar-refractivity contribution is -0.131. The lowest BCUT2D eigenvalue weighted by atomic mass is 9.92. The Kier molecular flexibility index (Phi) is 3.85. The lowest BCUT2D eigenvalue weighted by Gasteiger charge is -2.21. The first-order chi connectivity index (χ1) is 14.7. The van der Waals surface area contributed by atoms with Crippen LogP contribution in [0.3, 0.4) is 0 Å². The number of nitrogens with one attached hydrogen (secondary N) is 1. The molecule has 1 N–H and O–H groups in total. The molecule has 1 atom stereocenters. The van der Waals surface area contributed by atoms with E-state index < -0.39 is 17.5 Å². The number of imide groups is 1. The zero-order chi connectivity index (χ0) is 22.1. The van der Waals surface area contributed by atoms with Crippen LogP contribution in [0.15, 0.2) is 39.5 Å². The predicted octanol–water partition coefficient (Wildman–Crippen LogP) is 1.76. The van der Waals surface area contributed by atoms with Gasteiger partial charge in [0.1, 0.15) is 17.1 Å². The molecular formula is C21H20N6O4. The number of urea groups is 1. The topological polar surface area (TPSA) is 115 Å². The summed E-state index contributed by atoms with van der Waals surface area (Å²) in [5, 5.41) is 11.6. The monoisotopic (exact) mass is 420 g/mol. The van der Waals surface area contributed by atoms with E-state index in [0.29, 0.717) is 39.6 Å². The Morgan fingerprint density at radius 3 is 2.58 bits per heavy atom. The fourth-order valence-electron chi connectivity index (χ4n) is 4.29. The number of aromatic nitrogens is 4. The Bertz CT molecular complexity index is 1460. The van der Waals surface area contributed by atoms with Crippen LogP contribution in [0, 0.1) is 13.8 Å². The molecule has 1 fully saturated rings. The largest absolute Gasteiger partial charge is 0.466 e. The summed E-state index contributed by atoms with van der Waals surface area (Å²) in [7, 11) is 1.61. The summed E-state index contributed by atoms with van der Waals surface area (Å²) in [6.45, 7) is 5.11. The van der Waals surface area contributed by atoms with Crippen molar-refractivity contribution in [2.75, 3.05) is 0 Å². The zero-order valence-corrected chi connectivity index (χ0v) is 17.5. The van der Waals surface area contributed by atoms with Gasteiger partial charge in [-0.05, 0) is 39.0 Å². The molecule has 1 aliphatic heterocycles. The van der Waals surface area contributed by atoms with Crippen molar-refractivity contribution in [2.24, 2.45) is 7.05 Å². The average molecular weight is 420 g/mol. The van der Waals surface area contributed by atoms with Crippen molar-refractivity contribution in [3.8, 4) is 0 Å². The summed E-state index contributed by atoms with van der Waals surface area (Å²) in [5.74, 6) is 1.52. The van der Waals surface area contributed by atoms with Gasteiger partial charge in [0.15, 0.2) is 5.82 Å². The number of hydrogen-bond acceptors (Lipinski definition) is 6. The van der Waals surface area contributed by atoms with E-state index in [-0.39, 0.29) is 12.1 Å². The summed E-state index contributed by atoms with van der Waals surface area (Å²) in [6.07, 6.45) is 0. The Morgan fingerprint density at radius 2 is 1.87 bits per heavy atom. The highest BCUT2D eigenvalue weighted by Crippen LogP contribution is 2.33. The van der Waals surface area contributed by atoms with Gasteiger partial charge in [-0.2, -0.15) is 0 Å². The molecule has 5 rings (SSSR count). The van der Waals surface area contributed by atoms with E-state index in [0.717, 1.165) is 4.90 Å². The van der Waals surface area contributed by atoms with Gasteiger partial charge in [0, 0.05) is 12.6 Å². The Labute approximate surface area is 176 Å². The normalized spacial score (nSPS) is 19.0. The molecule has 4 aromatic rings. The molecule has 0 saturated carbocycles. The number of fused-ring (bicyclic) bond motifs is 3. The minimum absolute atomic E-state index is 0.0977. The third-order valence-corrected chi connectivity index (χ3v) is 5.85. The zero-order valence-electron chi connectivity index (χ0n) is 17.5. The standard InChI is InChI=1S/C21H20N6O4/c1-11-9-14(12(2)31-11)21(3)18(29)26(20(30)22-21)10-16-23-24-19-25(4)17(28)13-7-5-6-8-15(13)27(16)19/h5-9H,10H2,1-4H3,(H,22,30). The van der Waals surface area contributed by atoms with E-state index in [1.165, 1.54) is 4.57 Å². The molecule has 158 valence electrons. The van der Waals surface area contributed by atoms with Crippen molar-refractivity contribution < 1.29 is 14.0 Å². The van der Waals surface area contributed by atoms with Crippen molar-refractivity contribution in [3.63, 3.8) is 0 Å². The van der Waals surface area contributed by atoms with Gasteiger partial charge in [0.2, 0.25) is 5.78 Å². The Morgan fingerprint density at radius 1 is 1.13 bits per heavy atom. The molecule has 4 heterocycles. The first kappa shape index (κ1) is 19.0. The van der Waals surface area contributed by atoms with E-state index >= 15 is 0 Å². The van der Waals surface area contributed by atoms with Gasteiger partial charge >= 0.3 is 6.03 Å². The maximum Gasteiger partial charge on any atom is 0.325 e. The molecule has 0 aliphatic carbocycles. The molecule has 1 saturated heterocycles. The number of aryl methyl sites for hydroxylation is 3. The number of benzene rings is 1. The van der Waals surface area contributed by atoms with Gasteiger partial charge < -0.3 is 9.73 Å². The van der Waals surface area contributed by atoms with Crippen LogP contribution in [0.2, 0.25) is 0 Å². The van der Waals surface area contributed by atoms with E-state index in [1.807, 2.05) is 0 Å². The van der Waals surface area contributed by atoms with E-state index in [1.54, 1.807) is 62.6 Å². The first-order valence-corrected chi connectivity index (χ1v) is 9.75. The highest BCUT2D eigenvalue weighted by molar-refractivity contribution is 6.07. The molecule has 1 aromatic carbocycles. The van der Waals surface area contributed by atoms with Gasteiger partial charge in [0.25, 0.3) is 11.5 Å². The van der Waals surface area contributed by atoms with Crippen molar-refractivity contribution in [1.82, 2.24) is 29.4 Å². The molecule has 10 nitrogen and oxygen atoms in total. The fraction of sp³-hybridized carbons (Fsp3) is 0.286. The van der Waals surface area contributed by atoms with Crippen molar-refractivity contribution in [2.45, 2.75) is 32.9 Å². The number of rotatable bonds is 3. The first-order valence-electron chi connectivity index (χ1n) is 9.75. The van der Waals surface area contributed by atoms with Crippen LogP contribution in [-0.2, 0) is 23.9 Å². The highest BCUT2D eigenvalue weighted by atomic mass is 16.3. The fourth-order valence-corrected chi connectivity index (χ4v) is 4.29. The Hall–Kier alpha value is -3.95.